The summed E-state index contributed by atoms with van der Waals surface area (Å²) < 4.78 is 5.11. The Morgan fingerprint density at radius 3 is 2.86 bits per heavy atom. The third-order valence-corrected chi connectivity index (χ3v) is 4.51. The molecule has 1 aliphatic heterocycles. The highest BCUT2D eigenvalue weighted by atomic mass is 35.5. The summed E-state index contributed by atoms with van der Waals surface area (Å²) in [5, 5.41) is 3.53. The second kappa shape index (κ2) is 10.4. The average molecular weight is 371 g/mol. The number of nitrogens with one attached hydrogen (secondary N) is 1. The number of nitrogens with two attached hydrogens (primary N) is 1. The minimum absolute atomic E-state index is 0. The van der Waals surface area contributed by atoms with Crippen LogP contribution in [0.15, 0.2) is 0 Å². The second-order valence-corrected chi connectivity index (χ2v) is 5.94. The van der Waals surface area contributed by atoms with E-state index in [0.717, 1.165) is 31.7 Å². The van der Waals surface area contributed by atoms with Gasteiger partial charge in [0.2, 0.25) is 5.91 Å². The van der Waals surface area contributed by atoms with Gasteiger partial charge in [-0.05, 0) is 6.54 Å². The van der Waals surface area contributed by atoms with Crippen molar-refractivity contribution >= 4 is 47.2 Å². The van der Waals surface area contributed by atoms with Crippen LogP contribution in [-0.4, -0.2) is 48.6 Å². The molecule has 2 heterocycles. The standard InChI is InChI=1S/C13H22N4O2S.2ClH/c1-3-17-5-4-10-11(8-17)20-13(15-10)16-12(18)6-9(7-14)19-2;;/h9H,3-8,14H2,1-2H3,(H,15,16,18);2*1H. The van der Waals surface area contributed by atoms with E-state index in [9.17, 15) is 4.79 Å². The van der Waals surface area contributed by atoms with Crippen molar-refractivity contribution in [2.75, 3.05) is 32.1 Å². The lowest BCUT2D eigenvalue weighted by atomic mass is 10.2. The summed E-state index contributed by atoms with van der Waals surface area (Å²) >= 11 is 1.57. The number of thiazole rings is 1. The Balaban J connectivity index is 0.00000220. The minimum Gasteiger partial charge on any atom is -0.380 e. The molecular weight excluding hydrogens is 347 g/mol. The third-order valence-electron chi connectivity index (χ3n) is 3.51. The molecule has 1 amide bonds. The number of aromatic nitrogens is 1. The van der Waals surface area contributed by atoms with Crippen molar-refractivity contribution in [1.29, 1.82) is 0 Å². The molecule has 0 aromatic carbocycles. The second-order valence-electron chi connectivity index (χ2n) is 4.85. The number of methoxy groups -OCH3 is 1. The summed E-state index contributed by atoms with van der Waals surface area (Å²) in [5.74, 6) is -0.0965. The van der Waals surface area contributed by atoms with Gasteiger partial charge in [0.25, 0.3) is 0 Å². The first-order valence-corrected chi connectivity index (χ1v) is 7.71. The molecule has 1 atom stereocenters. The van der Waals surface area contributed by atoms with Gasteiger partial charge >= 0.3 is 0 Å². The first-order valence-electron chi connectivity index (χ1n) is 6.89. The zero-order valence-corrected chi connectivity index (χ0v) is 15.3. The van der Waals surface area contributed by atoms with Gasteiger partial charge in [-0.25, -0.2) is 4.98 Å². The van der Waals surface area contributed by atoms with E-state index < -0.39 is 0 Å². The Morgan fingerprint density at radius 1 is 1.55 bits per heavy atom. The number of hydrogen-bond acceptors (Lipinski definition) is 6. The summed E-state index contributed by atoms with van der Waals surface area (Å²) in [6.07, 6.45) is 0.984. The topological polar surface area (TPSA) is 80.5 Å². The SMILES string of the molecule is CCN1CCc2nc(NC(=O)CC(CN)OC)sc2C1.Cl.Cl. The highest BCUT2D eigenvalue weighted by Crippen LogP contribution is 2.28. The number of ether oxygens (including phenoxy) is 1. The van der Waals surface area contributed by atoms with Crippen LogP contribution in [-0.2, 0) is 22.5 Å². The number of hydrogen-bond donors (Lipinski definition) is 2. The van der Waals surface area contributed by atoms with Crippen molar-refractivity contribution in [1.82, 2.24) is 9.88 Å². The van der Waals surface area contributed by atoms with Crippen LogP contribution in [0.1, 0.15) is 23.9 Å². The highest BCUT2D eigenvalue weighted by Gasteiger charge is 2.20. The third kappa shape index (κ3) is 5.64. The molecule has 0 spiro atoms. The van der Waals surface area contributed by atoms with E-state index in [0.29, 0.717) is 11.7 Å². The van der Waals surface area contributed by atoms with E-state index in [2.05, 4.69) is 22.1 Å². The zero-order valence-electron chi connectivity index (χ0n) is 12.8. The van der Waals surface area contributed by atoms with Gasteiger partial charge in [0.05, 0.1) is 18.2 Å². The van der Waals surface area contributed by atoms with Crippen LogP contribution in [0.3, 0.4) is 0 Å². The maximum absolute atomic E-state index is 11.9. The number of amides is 1. The number of nitrogens with zero attached hydrogens (tertiary/aromatic N) is 2. The van der Waals surface area contributed by atoms with Gasteiger partial charge < -0.3 is 15.8 Å². The maximum atomic E-state index is 11.9. The van der Waals surface area contributed by atoms with Crippen LogP contribution in [0, 0.1) is 0 Å². The minimum atomic E-state index is -0.236. The lowest BCUT2D eigenvalue weighted by molar-refractivity contribution is -0.118. The van der Waals surface area contributed by atoms with Crippen molar-refractivity contribution in [3.63, 3.8) is 0 Å². The molecule has 1 aromatic heterocycles. The fourth-order valence-electron chi connectivity index (χ4n) is 2.21. The number of fused-ring (bicyclic) bond motifs is 1. The fourth-order valence-corrected chi connectivity index (χ4v) is 3.28. The Hall–Kier alpha value is -0.440. The normalized spacial score (nSPS) is 15.2. The van der Waals surface area contributed by atoms with Gasteiger partial charge in [-0.1, -0.05) is 6.92 Å². The van der Waals surface area contributed by atoms with Crippen LogP contribution >= 0.6 is 36.2 Å². The molecule has 1 aliphatic rings. The van der Waals surface area contributed by atoms with E-state index in [4.69, 9.17) is 10.5 Å². The summed E-state index contributed by atoms with van der Waals surface area (Å²) in [6, 6.07) is 0. The lowest BCUT2D eigenvalue weighted by Gasteiger charge is -2.23. The Labute approximate surface area is 147 Å². The Morgan fingerprint density at radius 2 is 2.27 bits per heavy atom. The van der Waals surface area contributed by atoms with Crippen LogP contribution < -0.4 is 11.1 Å². The molecule has 0 saturated carbocycles. The van der Waals surface area contributed by atoms with Gasteiger partial charge in [-0.15, -0.1) is 36.2 Å². The van der Waals surface area contributed by atoms with Crippen molar-refractivity contribution in [3.05, 3.63) is 10.6 Å². The highest BCUT2D eigenvalue weighted by molar-refractivity contribution is 7.15. The number of carbonyl (C=O) groups excluding carboxylic acids is 1. The van der Waals surface area contributed by atoms with Crippen LogP contribution in [0.4, 0.5) is 5.13 Å². The van der Waals surface area contributed by atoms with Crippen LogP contribution in [0.25, 0.3) is 0 Å². The molecule has 0 bridgehead atoms. The molecule has 0 aliphatic carbocycles. The van der Waals surface area contributed by atoms with Gasteiger partial charge in [0.1, 0.15) is 0 Å². The van der Waals surface area contributed by atoms with Crippen LogP contribution in [0.2, 0.25) is 0 Å². The first kappa shape index (κ1) is 21.6. The molecule has 22 heavy (non-hydrogen) atoms. The largest absolute Gasteiger partial charge is 0.380 e. The first-order chi connectivity index (χ1) is 9.66. The summed E-state index contributed by atoms with van der Waals surface area (Å²) in [6.45, 7) is 5.52. The number of anilines is 1. The predicted octanol–water partition coefficient (Wildman–Crippen LogP) is 1.67. The van der Waals surface area contributed by atoms with Crippen molar-refractivity contribution in [3.8, 4) is 0 Å². The maximum Gasteiger partial charge on any atom is 0.228 e. The quantitative estimate of drug-likeness (QED) is 0.795. The van der Waals surface area contributed by atoms with E-state index in [1.54, 1.807) is 18.4 Å². The molecule has 0 radical (unpaired) electrons. The predicted molar refractivity (Wildman–Crippen MR) is 94.4 cm³/mol. The van der Waals surface area contributed by atoms with E-state index in [1.165, 1.54) is 4.88 Å². The van der Waals surface area contributed by atoms with E-state index in [1.807, 2.05) is 0 Å². The fraction of sp³-hybridized carbons (Fsp3) is 0.692. The smallest absolute Gasteiger partial charge is 0.228 e. The van der Waals surface area contributed by atoms with Crippen molar-refractivity contribution in [2.24, 2.45) is 5.73 Å². The lowest BCUT2D eigenvalue weighted by Crippen LogP contribution is -2.29. The van der Waals surface area contributed by atoms with Gasteiger partial charge in [0.15, 0.2) is 5.13 Å². The molecule has 128 valence electrons. The molecule has 1 aromatic rings. The Bertz CT molecular complexity index is 469. The number of rotatable bonds is 6. The van der Waals surface area contributed by atoms with Gasteiger partial charge in [0, 0.05) is 38.0 Å². The molecular formula is C13H24Cl2N4O2S. The van der Waals surface area contributed by atoms with E-state index in [-0.39, 0.29) is 43.2 Å². The summed E-state index contributed by atoms with van der Waals surface area (Å²) in [7, 11) is 1.56. The van der Waals surface area contributed by atoms with Gasteiger partial charge in [-0.2, -0.15) is 0 Å². The van der Waals surface area contributed by atoms with E-state index >= 15 is 0 Å². The van der Waals surface area contributed by atoms with Crippen LogP contribution in [0.5, 0.6) is 0 Å². The molecule has 2 rings (SSSR count). The molecule has 9 heteroatoms. The molecule has 3 N–H and O–H groups in total. The monoisotopic (exact) mass is 370 g/mol. The molecule has 1 unspecified atom stereocenters. The average Bonchev–Trinajstić information content (AvgIpc) is 2.85. The molecule has 0 saturated heterocycles. The van der Waals surface area contributed by atoms with Crippen molar-refractivity contribution < 1.29 is 9.53 Å². The summed E-state index contributed by atoms with van der Waals surface area (Å²) in [5.41, 5.74) is 6.63. The number of halogens is 2. The zero-order chi connectivity index (χ0) is 14.5. The molecule has 0 fully saturated rings. The Kier molecular flexibility index (Phi) is 10.1. The number of likely N-dealkylation sites (N-methyl/N-ethyl adjacent to an activating group) is 1. The van der Waals surface area contributed by atoms with Gasteiger partial charge in [-0.3, -0.25) is 9.69 Å². The summed E-state index contributed by atoms with van der Waals surface area (Å²) in [4.78, 5) is 20.0. The van der Waals surface area contributed by atoms with Crippen molar-refractivity contribution in [2.45, 2.75) is 32.4 Å². The number of carbonyl (C=O) groups is 1. The molecule has 6 nitrogen and oxygen atoms in total.